The van der Waals surface area contributed by atoms with Crippen LogP contribution in [0.3, 0.4) is 0 Å². The average Bonchev–Trinajstić information content (AvgIpc) is 3.63. The van der Waals surface area contributed by atoms with Crippen molar-refractivity contribution in [1.82, 2.24) is 19.7 Å². The van der Waals surface area contributed by atoms with Crippen molar-refractivity contribution in [3.63, 3.8) is 0 Å². The molecule has 0 unspecified atom stereocenters. The number of nitrogens with zero attached hydrogens (tertiary/aromatic N) is 4. The molecule has 0 bridgehead atoms. The molecule has 0 fully saturated rings. The van der Waals surface area contributed by atoms with E-state index in [1.807, 2.05) is 0 Å². The van der Waals surface area contributed by atoms with Crippen molar-refractivity contribution < 1.29 is 33.0 Å². The van der Waals surface area contributed by atoms with E-state index in [4.69, 9.17) is 93.0 Å². The van der Waals surface area contributed by atoms with E-state index >= 15 is 0 Å². The summed E-state index contributed by atoms with van der Waals surface area (Å²) in [4.78, 5) is 31.5. The van der Waals surface area contributed by atoms with E-state index in [1.165, 1.54) is 6.07 Å². The smallest absolute Gasteiger partial charge is 0.400 e. The maximum absolute atomic E-state index is 11.8. The molecule has 0 N–H and O–H groups in total. The zero-order chi connectivity index (χ0) is 34.3. The van der Waals surface area contributed by atoms with E-state index in [-0.39, 0.29) is 29.4 Å². The Morgan fingerprint density at radius 3 is 2.15 bits per heavy atom. The summed E-state index contributed by atoms with van der Waals surface area (Å²) in [7, 11) is 0. The lowest BCUT2D eigenvalue weighted by Crippen LogP contribution is -2.25. The van der Waals surface area contributed by atoms with E-state index in [0.29, 0.717) is 44.9 Å². The summed E-state index contributed by atoms with van der Waals surface area (Å²) in [5, 5.41) is 5.25. The first kappa shape index (κ1) is 36.4. The Hall–Kier alpha value is -3.45. The third-order valence-corrected chi connectivity index (χ3v) is 7.03. The van der Waals surface area contributed by atoms with Gasteiger partial charge in [-0.3, -0.25) is 0 Å². The van der Waals surface area contributed by atoms with Gasteiger partial charge >= 0.3 is 18.0 Å². The second-order valence-electron chi connectivity index (χ2n) is 9.16. The number of ether oxygens (including phenoxy) is 4. The fraction of sp³-hybridized carbons (Fsp3) is 0.233. The maximum Gasteiger partial charge on any atom is 0.400 e. The maximum atomic E-state index is 11.8. The molecular formula is C30H24Cl6N4O7. The molecule has 47 heavy (non-hydrogen) atoms. The van der Waals surface area contributed by atoms with Gasteiger partial charge in [0.2, 0.25) is 3.79 Å². The first-order chi connectivity index (χ1) is 22.3. The first-order valence-electron chi connectivity index (χ1n) is 13.6. The van der Waals surface area contributed by atoms with Gasteiger partial charge in [-0.05, 0) is 75.4 Å². The van der Waals surface area contributed by atoms with E-state index in [0.717, 1.165) is 4.68 Å². The number of aromatic nitrogens is 4. The van der Waals surface area contributed by atoms with Crippen molar-refractivity contribution >= 4 is 92.6 Å². The second-order valence-corrected chi connectivity index (χ2v) is 12.7. The van der Waals surface area contributed by atoms with E-state index in [1.54, 1.807) is 75.4 Å². The lowest BCUT2D eigenvalue weighted by atomic mass is 10.3. The molecule has 0 aliphatic rings. The number of carbonyl (C=O) groups is 2. The van der Waals surface area contributed by atoms with Crippen LogP contribution >= 0.6 is 69.6 Å². The van der Waals surface area contributed by atoms with Crippen LogP contribution in [0.1, 0.15) is 37.2 Å². The van der Waals surface area contributed by atoms with Crippen molar-refractivity contribution in [3.8, 4) is 23.3 Å². The molecule has 0 spiro atoms. The quantitative estimate of drug-likeness (QED) is 0.106. The van der Waals surface area contributed by atoms with Crippen molar-refractivity contribution in [2.24, 2.45) is 0 Å². The highest BCUT2D eigenvalue weighted by atomic mass is 35.6. The Bertz CT molecular complexity index is 1860. The lowest BCUT2D eigenvalue weighted by molar-refractivity contribution is -0.150. The SMILES string of the molecule is CCOC(=O)[C@@H](C)Oc1ccc(Oc2nc3ccc(Cl)cc3o2)cc1.CCOC(=O)c1nc(C(Cl)(Cl)Cl)n(-c2ccc(Cl)cc2Cl)n1. The molecule has 11 nitrogen and oxygen atoms in total. The van der Waals surface area contributed by atoms with Crippen LogP contribution in [0.5, 0.6) is 17.6 Å². The number of fused-ring (bicyclic) bond motifs is 1. The molecule has 0 saturated heterocycles. The van der Waals surface area contributed by atoms with Gasteiger partial charge in [0.25, 0.3) is 5.82 Å². The number of rotatable bonds is 9. The summed E-state index contributed by atoms with van der Waals surface area (Å²) in [5.41, 5.74) is 1.56. The summed E-state index contributed by atoms with van der Waals surface area (Å²) >= 11 is 35.5. The van der Waals surface area contributed by atoms with Gasteiger partial charge in [-0.15, -0.1) is 5.10 Å². The van der Waals surface area contributed by atoms with Crippen LogP contribution < -0.4 is 9.47 Å². The molecule has 2 aromatic heterocycles. The number of hydrogen-bond acceptors (Lipinski definition) is 10. The van der Waals surface area contributed by atoms with Gasteiger partial charge in [0.15, 0.2) is 17.5 Å². The minimum absolute atomic E-state index is 0.0928. The van der Waals surface area contributed by atoms with E-state index < -0.39 is 21.8 Å². The van der Waals surface area contributed by atoms with Crippen molar-refractivity contribution in [3.05, 3.63) is 87.4 Å². The van der Waals surface area contributed by atoms with Crippen LogP contribution in [0.25, 0.3) is 16.8 Å². The molecular weight excluding hydrogens is 741 g/mol. The van der Waals surface area contributed by atoms with E-state index in [2.05, 4.69) is 15.1 Å². The van der Waals surface area contributed by atoms with Crippen LogP contribution in [0, 0.1) is 0 Å². The highest BCUT2D eigenvalue weighted by Crippen LogP contribution is 2.39. The summed E-state index contributed by atoms with van der Waals surface area (Å²) in [6.07, 6.45) is -0.570. The Morgan fingerprint density at radius 2 is 1.51 bits per heavy atom. The molecule has 248 valence electrons. The molecule has 0 radical (unpaired) electrons. The zero-order valence-corrected chi connectivity index (χ0v) is 29.2. The topological polar surface area (TPSA) is 128 Å². The van der Waals surface area contributed by atoms with Gasteiger partial charge in [0.1, 0.15) is 17.0 Å². The molecule has 0 amide bonds. The van der Waals surface area contributed by atoms with Crippen molar-refractivity contribution in [1.29, 1.82) is 0 Å². The molecule has 5 rings (SSSR count). The van der Waals surface area contributed by atoms with Gasteiger partial charge in [-0.2, -0.15) is 4.98 Å². The van der Waals surface area contributed by atoms with Crippen LogP contribution in [0.2, 0.25) is 15.1 Å². The Balaban J connectivity index is 0.000000215. The minimum atomic E-state index is -1.92. The Morgan fingerprint density at radius 1 is 0.872 bits per heavy atom. The molecule has 0 aliphatic heterocycles. The molecule has 1 atom stereocenters. The largest absolute Gasteiger partial charge is 0.479 e. The molecule has 0 aliphatic carbocycles. The predicted octanol–water partition coefficient (Wildman–Crippen LogP) is 9.18. The summed E-state index contributed by atoms with van der Waals surface area (Å²) < 4.78 is 25.6. The second kappa shape index (κ2) is 16.1. The lowest BCUT2D eigenvalue weighted by Gasteiger charge is -2.13. The highest BCUT2D eigenvalue weighted by Gasteiger charge is 2.33. The molecule has 2 heterocycles. The fourth-order valence-corrected chi connectivity index (χ4v) is 4.74. The third-order valence-electron chi connectivity index (χ3n) is 5.75. The van der Waals surface area contributed by atoms with Gasteiger partial charge in [-0.25, -0.2) is 19.3 Å². The average molecular weight is 765 g/mol. The molecule has 5 aromatic rings. The minimum Gasteiger partial charge on any atom is -0.479 e. The van der Waals surface area contributed by atoms with Crippen molar-refractivity contribution in [2.75, 3.05) is 13.2 Å². The normalized spacial score (nSPS) is 11.8. The van der Waals surface area contributed by atoms with Crippen molar-refractivity contribution in [2.45, 2.75) is 30.7 Å². The number of halogens is 6. The third kappa shape index (κ3) is 9.79. The van der Waals surface area contributed by atoms with E-state index in [9.17, 15) is 9.59 Å². The van der Waals surface area contributed by atoms with Gasteiger partial charge in [-0.1, -0.05) is 69.6 Å². The predicted molar refractivity (Wildman–Crippen MR) is 179 cm³/mol. The number of benzene rings is 3. The number of oxazole rings is 1. The molecule has 0 saturated carbocycles. The number of carbonyl (C=O) groups excluding carboxylic acids is 2. The number of alkyl halides is 3. The van der Waals surface area contributed by atoms with Crippen LogP contribution in [0.4, 0.5) is 0 Å². The fourth-order valence-electron chi connectivity index (χ4n) is 3.72. The Kier molecular flexibility index (Phi) is 12.5. The first-order valence-corrected chi connectivity index (χ1v) is 15.9. The van der Waals surface area contributed by atoms with Crippen LogP contribution in [-0.4, -0.2) is 51.0 Å². The standard InChI is InChI=1S/C18H16ClNO5.C12H8Cl5N3O2/c1-3-22-17(21)11(2)23-13-5-7-14(8-6-13)24-18-20-15-9-4-12(19)10-16(15)25-18;1-2-22-10(21)9-18-11(12(15,16)17)20(19-9)8-4-3-6(13)5-7(8)14/h4-11H,3H2,1-2H3;3-5H,2H2,1H3/t11-;/m1./s1. The van der Waals surface area contributed by atoms with Gasteiger partial charge in [0, 0.05) is 16.1 Å². The monoisotopic (exact) mass is 762 g/mol. The summed E-state index contributed by atoms with van der Waals surface area (Å²) in [6, 6.07) is 16.5. The Labute approximate surface area is 298 Å². The van der Waals surface area contributed by atoms with Crippen LogP contribution in [-0.2, 0) is 18.1 Å². The van der Waals surface area contributed by atoms with Crippen LogP contribution in [0.15, 0.2) is 65.1 Å². The van der Waals surface area contributed by atoms with Gasteiger partial charge in [0.05, 0.1) is 23.9 Å². The summed E-state index contributed by atoms with van der Waals surface area (Å²) in [5.74, 6) is -0.431. The number of esters is 2. The van der Waals surface area contributed by atoms with Gasteiger partial charge < -0.3 is 23.4 Å². The molecule has 3 aromatic carbocycles. The molecule has 17 heteroatoms. The highest BCUT2D eigenvalue weighted by molar-refractivity contribution is 6.66. The zero-order valence-electron chi connectivity index (χ0n) is 24.7. The number of hydrogen-bond donors (Lipinski definition) is 0. The summed E-state index contributed by atoms with van der Waals surface area (Å²) in [6.45, 7) is 5.51.